The molecule has 5 rings (SSSR count). The molecule has 1 aliphatic carbocycles. The largest absolute Gasteiger partial charge is 0.353 e. The molecule has 0 bridgehead atoms. The summed E-state index contributed by atoms with van der Waals surface area (Å²) in [5, 5.41) is 2.97. The van der Waals surface area contributed by atoms with Crippen LogP contribution < -0.4 is 5.32 Å². The lowest BCUT2D eigenvalue weighted by Gasteiger charge is -2.45. The third kappa shape index (κ3) is 4.55. The fourth-order valence-corrected chi connectivity index (χ4v) is 5.31. The number of piperidine rings is 1. The van der Waals surface area contributed by atoms with Crippen LogP contribution in [-0.4, -0.2) is 64.0 Å². The van der Waals surface area contributed by atoms with E-state index in [4.69, 9.17) is 4.74 Å². The van der Waals surface area contributed by atoms with Crippen LogP contribution in [0.1, 0.15) is 53.6 Å². The molecule has 1 aromatic carbocycles. The quantitative estimate of drug-likeness (QED) is 0.717. The highest BCUT2D eigenvalue weighted by atomic mass is 16.5. The zero-order valence-electron chi connectivity index (χ0n) is 20.1. The number of pyridine rings is 1. The highest BCUT2D eigenvalue weighted by Crippen LogP contribution is 2.40. The molecular formula is C27H32N4O4. The molecule has 0 unspecified atom stereocenters. The average molecular weight is 477 g/mol. The van der Waals surface area contributed by atoms with Crippen LogP contribution >= 0.6 is 0 Å². The number of amides is 3. The molecule has 3 fully saturated rings. The second-order valence-electron chi connectivity index (χ2n) is 9.79. The lowest BCUT2D eigenvalue weighted by Crippen LogP contribution is -2.60. The summed E-state index contributed by atoms with van der Waals surface area (Å²) in [6, 6.07) is 10.4. The Morgan fingerprint density at radius 3 is 2.46 bits per heavy atom. The summed E-state index contributed by atoms with van der Waals surface area (Å²) in [5.41, 5.74) is 1.46. The van der Waals surface area contributed by atoms with Crippen molar-refractivity contribution in [2.24, 2.45) is 5.92 Å². The van der Waals surface area contributed by atoms with Crippen molar-refractivity contribution in [2.75, 3.05) is 19.7 Å². The van der Waals surface area contributed by atoms with E-state index in [-0.39, 0.29) is 30.2 Å². The van der Waals surface area contributed by atoms with Gasteiger partial charge < -0.3 is 15.0 Å². The van der Waals surface area contributed by atoms with Crippen molar-refractivity contribution in [3.8, 4) is 0 Å². The summed E-state index contributed by atoms with van der Waals surface area (Å²) >= 11 is 0. The van der Waals surface area contributed by atoms with Gasteiger partial charge in [0.05, 0.1) is 6.61 Å². The van der Waals surface area contributed by atoms with E-state index < -0.39 is 11.8 Å². The number of carbonyl (C=O) groups is 3. The maximum atomic E-state index is 13.9. The van der Waals surface area contributed by atoms with E-state index in [9.17, 15) is 14.4 Å². The molecule has 1 aromatic heterocycles. The van der Waals surface area contributed by atoms with Gasteiger partial charge in [-0.2, -0.15) is 0 Å². The predicted octanol–water partition coefficient (Wildman–Crippen LogP) is 2.67. The van der Waals surface area contributed by atoms with Crippen molar-refractivity contribution in [3.63, 3.8) is 0 Å². The van der Waals surface area contributed by atoms with Gasteiger partial charge in [0.1, 0.15) is 11.8 Å². The summed E-state index contributed by atoms with van der Waals surface area (Å²) in [6.07, 6.45) is 7.41. The van der Waals surface area contributed by atoms with Crippen molar-refractivity contribution in [1.82, 2.24) is 20.1 Å². The number of nitrogens with zero attached hydrogens (tertiary/aromatic N) is 3. The van der Waals surface area contributed by atoms with Gasteiger partial charge in [-0.15, -0.1) is 0 Å². The van der Waals surface area contributed by atoms with E-state index in [1.54, 1.807) is 23.4 Å². The highest BCUT2D eigenvalue weighted by molar-refractivity contribution is 5.99. The third-order valence-corrected chi connectivity index (χ3v) is 7.68. The molecule has 184 valence electrons. The topological polar surface area (TPSA) is 91.8 Å². The van der Waals surface area contributed by atoms with Crippen molar-refractivity contribution in [1.29, 1.82) is 0 Å². The van der Waals surface area contributed by atoms with Crippen LogP contribution in [0.2, 0.25) is 0 Å². The molecule has 8 heteroatoms. The van der Waals surface area contributed by atoms with Crippen LogP contribution in [0.5, 0.6) is 0 Å². The summed E-state index contributed by atoms with van der Waals surface area (Å²) < 4.78 is 6.29. The Bertz CT molecular complexity index is 1090. The maximum Gasteiger partial charge on any atom is 0.257 e. The second-order valence-corrected chi connectivity index (χ2v) is 9.79. The minimum absolute atomic E-state index is 0.135. The number of hydrogen-bond acceptors (Lipinski definition) is 5. The number of aryl methyl sites for hydroxylation is 1. The molecular weight excluding hydrogens is 444 g/mol. The van der Waals surface area contributed by atoms with Crippen LogP contribution in [0.4, 0.5) is 0 Å². The summed E-state index contributed by atoms with van der Waals surface area (Å²) in [6.45, 7) is 3.43. The molecule has 1 atom stereocenters. The Morgan fingerprint density at radius 2 is 1.80 bits per heavy atom. The standard InChI is InChI=1S/C27H32N4O4/c1-19-5-2-3-8-22(19)26(34)31-23(24(32)29-17-20-9-13-28-14-10-20)18-35-27(31)11-15-30(16-12-27)25(33)21-6-4-7-21/h2-3,5,8-10,13-14,21,23H,4,6-7,11-12,15-18H2,1H3,(H,29,32)/t23-/m0/s1. The van der Waals surface area contributed by atoms with Crippen LogP contribution in [0, 0.1) is 12.8 Å². The molecule has 2 saturated heterocycles. The van der Waals surface area contributed by atoms with E-state index >= 15 is 0 Å². The normalized spacial score (nSPS) is 21.6. The lowest BCUT2D eigenvalue weighted by atomic mass is 9.83. The van der Waals surface area contributed by atoms with Gasteiger partial charge in [0, 0.05) is 56.4 Å². The van der Waals surface area contributed by atoms with Crippen LogP contribution in [0.15, 0.2) is 48.8 Å². The number of likely N-dealkylation sites (tertiary alicyclic amines) is 1. The Kier molecular flexibility index (Phi) is 6.56. The van der Waals surface area contributed by atoms with Gasteiger partial charge in [-0.1, -0.05) is 24.6 Å². The van der Waals surface area contributed by atoms with E-state index in [0.717, 1.165) is 30.4 Å². The molecule has 1 saturated carbocycles. The van der Waals surface area contributed by atoms with Crippen molar-refractivity contribution >= 4 is 17.7 Å². The minimum Gasteiger partial charge on any atom is -0.353 e. The van der Waals surface area contributed by atoms with Crippen LogP contribution in [0.25, 0.3) is 0 Å². The number of ether oxygens (including phenoxy) is 1. The zero-order chi connectivity index (χ0) is 24.4. The first-order valence-corrected chi connectivity index (χ1v) is 12.5. The average Bonchev–Trinajstić information content (AvgIpc) is 3.21. The summed E-state index contributed by atoms with van der Waals surface area (Å²) in [4.78, 5) is 47.6. The number of nitrogens with one attached hydrogen (secondary N) is 1. The number of carbonyl (C=O) groups excluding carboxylic acids is 3. The molecule has 1 spiro atoms. The van der Waals surface area contributed by atoms with Gasteiger partial charge in [0.25, 0.3) is 5.91 Å². The molecule has 2 aromatic rings. The zero-order valence-corrected chi connectivity index (χ0v) is 20.1. The predicted molar refractivity (Wildman–Crippen MR) is 129 cm³/mol. The van der Waals surface area contributed by atoms with Crippen LogP contribution in [0.3, 0.4) is 0 Å². The number of hydrogen-bond donors (Lipinski definition) is 1. The molecule has 3 heterocycles. The Labute approximate surface area is 205 Å². The van der Waals surface area contributed by atoms with Gasteiger partial charge in [-0.05, 0) is 49.1 Å². The van der Waals surface area contributed by atoms with Gasteiger partial charge in [0.15, 0.2) is 0 Å². The number of rotatable bonds is 5. The number of aromatic nitrogens is 1. The number of benzene rings is 1. The Hall–Kier alpha value is -3.26. The van der Waals surface area contributed by atoms with Gasteiger partial charge in [-0.25, -0.2) is 0 Å². The Balaban J connectivity index is 1.36. The molecule has 8 nitrogen and oxygen atoms in total. The van der Waals surface area contributed by atoms with Crippen LogP contribution in [-0.2, 0) is 20.9 Å². The summed E-state index contributed by atoms with van der Waals surface area (Å²) in [5.74, 6) is -0.0884. The fraction of sp³-hybridized carbons (Fsp3) is 0.481. The minimum atomic E-state index is -0.894. The molecule has 3 amide bonds. The van der Waals surface area contributed by atoms with E-state index in [1.807, 2.05) is 42.2 Å². The first-order chi connectivity index (χ1) is 17.0. The maximum absolute atomic E-state index is 13.9. The highest BCUT2D eigenvalue weighted by Gasteiger charge is 2.54. The SMILES string of the molecule is Cc1ccccc1C(=O)N1[C@H](C(=O)NCc2ccncc2)COC12CCN(C(=O)C1CCC1)CC2. The van der Waals surface area contributed by atoms with Crippen molar-refractivity contribution in [2.45, 2.75) is 57.3 Å². The van der Waals surface area contributed by atoms with E-state index in [1.165, 1.54) is 0 Å². The second kappa shape index (κ2) is 9.77. The van der Waals surface area contributed by atoms with E-state index in [0.29, 0.717) is 38.0 Å². The smallest absolute Gasteiger partial charge is 0.257 e. The van der Waals surface area contributed by atoms with Crippen molar-refractivity contribution < 1.29 is 19.1 Å². The molecule has 2 aliphatic heterocycles. The summed E-state index contributed by atoms with van der Waals surface area (Å²) in [7, 11) is 0. The first-order valence-electron chi connectivity index (χ1n) is 12.5. The van der Waals surface area contributed by atoms with Gasteiger partial charge >= 0.3 is 0 Å². The van der Waals surface area contributed by atoms with Gasteiger partial charge in [-0.3, -0.25) is 24.3 Å². The molecule has 1 N–H and O–H groups in total. The molecule has 3 aliphatic rings. The van der Waals surface area contributed by atoms with E-state index in [2.05, 4.69) is 10.3 Å². The lowest BCUT2D eigenvalue weighted by molar-refractivity contribution is -0.149. The van der Waals surface area contributed by atoms with Crippen molar-refractivity contribution in [3.05, 3.63) is 65.5 Å². The molecule has 0 radical (unpaired) electrons. The third-order valence-electron chi connectivity index (χ3n) is 7.68. The molecule has 35 heavy (non-hydrogen) atoms. The first kappa shape index (κ1) is 23.5. The fourth-order valence-electron chi connectivity index (χ4n) is 5.31. The monoisotopic (exact) mass is 476 g/mol. The van der Waals surface area contributed by atoms with Gasteiger partial charge in [0.2, 0.25) is 11.8 Å². The Morgan fingerprint density at radius 1 is 1.09 bits per heavy atom.